The van der Waals surface area contributed by atoms with Crippen molar-refractivity contribution in [1.29, 1.82) is 0 Å². The van der Waals surface area contributed by atoms with Crippen LogP contribution in [-0.4, -0.2) is 13.4 Å². The van der Waals surface area contributed by atoms with Gasteiger partial charge in [-0.3, -0.25) is 0 Å². The molecule has 0 aliphatic rings. The van der Waals surface area contributed by atoms with Crippen molar-refractivity contribution in [3.8, 4) is 0 Å². The molecule has 0 aromatic carbocycles. The Balaban J connectivity index is 3.29. The lowest BCUT2D eigenvalue weighted by atomic mass is 10.3. The van der Waals surface area contributed by atoms with E-state index >= 15 is 0 Å². The van der Waals surface area contributed by atoms with Crippen molar-refractivity contribution in [3.63, 3.8) is 0 Å². The first-order valence-corrected chi connectivity index (χ1v) is 5.51. The maximum absolute atomic E-state index is 12.1. The maximum atomic E-state index is 12.1. The highest BCUT2D eigenvalue weighted by Gasteiger charge is 2.33. The molecule has 0 radical (unpaired) electrons. The maximum Gasteiger partial charge on any atom is 0.433 e. The van der Waals surface area contributed by atoms with E-state index in [-0.39, 0.29) is 0 Å². The summed E-state index contributed by atoms with van der Waals surface area (Å²) in [5.74, 6) is 0. The van der Waals surface area contributed by atoms with Crippen molar-refractivity contribution in [2.45, 2.75) is 11.2 Å². The zero-order chi connectivity index (χ0) is 11.0. The van der Waals surface area contributed by atoms with Crippen molar-refractivity contribution < 1.29 is 21.6 Å². The Morgan fingerprint density at radius 3 is 2.29 bits per heavy atom. The molecule has 1 rings (SSSR count). The Morgan fingerprint density at radius 1 is 1.29 bits per heavy atom. The molecule has 0 fully saturated rings. The fourth-order valence-corrected chi connectivity index (χ4v) is 1.41. The first kappa shape index (κ1) is 11.3. The number of nitrogens with zero attached hydrogens (tertiary/aromatic N) is 1. The van der Waals surface area contributed by atoms with Gasteiger partial charge >= 0.3 is 6.18 Å². The average molecular weight is 246 g/mol. The summed E-state index contributed by atoms with van der Waals surface area (Å²) < 4.78 is 57.5. The van der Waals surface area contributed by atoms with Crippen LogP contribution in [0.2, 0.25) is 0 Å². The van der Waals surface area contributed by atoms with Gasteiger partial charge in [0.15, 0.2) is 5.03 Å². The minimum Gasteiger partial charge on any atom is -0.230 e. The minimum atomic E-state index is -4.68. The van der Waals surface area contributed by atoms with Gasteiger partial charge in [-0.05, 0) is 12.1 Å². The second-order valence-electron chi connectivity index (χ2n) is 2.30. The van der Waals surface area contributed by atoms with E-state index in [9.17, 15) is 21.6 Å². The number of pyridine rings is 1. The molecule has 3 nitrogen and oxygen atoms in total. The summed E-state index contributed by atoms with van der Waals surface area (Å²) in [7, 11) is 0.598. The second kappa shape index (κ2) is 3.39. The van der Waals surface area contributed by atoms with E-state index in [0.717, 1.165) is 12.1 Å². The highest BCUT2D eigenvalue weighted by Crippen LogP contribution is 2.28. The van der Waals surface area contributed by atoms with E-state index in [0.29, 0.717) is 6.07 Å². The lowest BCUT2D eigenvalue weighted by Crippen LogP contribution is -2.09. The topological polar surface area (TPSA) is 47.0 Å². The molecule has 0 bridgehead atoms. The summed E-state index contributed by atoms with van der Waals surface area (Å²) in [6, 6.07) is 2.47. The van der Waals surface area contributed by atoms with Gasteiger partial charge in [-0.2, -0.15) is 13.2 Å². The molecule has 14 heavy (non-hydrogen) atoms. The largest absolute Gasteiger partial charge is 0.433 e. The predicted octanol–water partition coefficient (Wildman–Crippen LogP) is 2.03. The number of rotatable bonds is 1. The van der Waals surface area contributed by atoms with E-state index in [1.807, 2.05) is 0 Å². The smallest absolute Gasteiger partial charge is 0.230 e. The molecule has 0 atom stereocenters. The second-order valence-corrected chi connectivity index (χ2v) is 4.81. The van der Waals surface area contributed by atoms with Crippen molar-refractivity contribution in [3.05, 3.63) is 23.9 Å². The summed E-state index contributed by atoms with van der Waals surface area (Å²) in [6.07, 6.45) is -4.68. The Bertz CT molecular complexity index is 443. The number of hydrogen-bond acceptors (Lipinski definition) is 3. The third kappa shape index (κ3) is 2.58. The lowest BCUT2D eigenvalue weighted by molar-refractivity contribution is -0.141. The molecule has 8 heteroatoms. The molecule has 0 aliphatic heterocycles. The first-order valence-electron chi connectivity index (χ1n) is 3.20. The number of aromatic nitrogens is 1. The van der Waals surface area contributed by atoms with Gasteiger partial charge in [-0.1, -0.05) is 6.07 Å². The van der Waals surface area contributed by atoms with Crippen LogP contribution >= 0.6 is 10.7 Å². The SMILES string of the molecule is O=S(=O)(Cl)c1cccc(C(F)(F)F)n1. The van der Waals surface area contributed by atoms with E-state index in [1.165, 1.54) is 0 Å². The molecule has 1 heterocycles. The third-order valence-electron chi connectivity index (χ3n) is 1.26. The van der Waals surface area contributed by atoms with Gasteiger partial charge < -0.3 is 0 Å². The van der Waals surface area contributed by atoms with Crippen LogP contribution in [-0.2, 0) is 15.2 Å². The Kier molecular flexibility index (Phi) is 2.73. The molecule has 0 saturated heterocycles. The normalized spacial score (nSPS) is 12.9. The fourth-order valence-electron chi connectivity index (χ4n) is 0.708. The average Bonchev–Trinajstić information content (AvgIpc) is 2.01. The molecule has 0 aliphatic carbocycles. The van der Waals surface area contributed by atoms with Crippen LogP contribution in [0.4, 0.5) is 13.2 Å². The summed E-state index contributed by atoms with van der Waals surface area (Å²) in [5.41, 5.74) is -1.29. The molecule has 0 spiro atoms. The lowest BCUT2D eigenvalue weighted by Gasteiger charge is -2.05. The number of halogens is 4. The Morgan fingerprint density at radius 2 is 1.86 bits per heavy atom. The first-order chi connectivity index (χ1) is 6.21. The van der Waals surface area contributed by atoms with Gasteiger partial charge in [0.2, 0.25) is 0 Å². The van der Waals surface area contributed by atoms with Crippen LogP contribution in [0.15, 0.2) is 23.2 Å². The van der Waals surface area contributed by atoms with Crippen LogP contribution in [0.1, 0.15) is 5.69 Å². The van der Waals surface area contributed by atoms with Gasteiger partial charge in [0.25, 0.3) is 9.05 Å². The van der Waals surface area contributed by atoms with Crippen LogP contribution in [0.5, 0.6) is 0 Å². The van der Waals surface area contributed by atoms with Crippen molar-refractivity contribution in [2.24, 2.45) is 0 Å². The van der Waals surface area contributed by atoms with E-state index < -0.39 is 25.9 Å². The van der Waals surface area contributed by atoms with Crippen LogP contribution < -0.4 is 0 Å². The van der Waals surface area contributed by atoms with Crippen molar-refractivity contribution in [1.82, 2.24) is 4.98 Å². The monoisotopic (exact) mass is 245 g/mol. The van der Waals surface area contributed by atoms with Crippen LogP contribution in [0.25, 0.3) is 0 Å². The summed E-state index contributed by atoms with van der Waals surface area (Å²) in [4.78, 5) is 2.87. The van der Waals surface area contributed by atoms with Gasteiger partial charge in [0.05, 0.1) is 0 Å². The quantitative estimate of drug-likeness (QED) is 0.711. The molecule has 0 N–H and O–H groups in total. The molecule has 0 unspecified atom stereocenters. The van der Waals surface area contributed by atoms with Crippen molar-refractivity contribution >= 4 is 19.7 Å². The number of alkyl halides is 3. The Labute approximate surface area is 81.9 Å². The zero-order valence-corrected chi connectivity index (χ0v) is 7.99. The summed E-state index contributed by atoms with van der Waals surface area (Å²) >= 11 is 0. The van der Waals surface area contributed by atoms with Crippen LogP contribution in [0, 0.1) is 0 Å². The van der Waals surface area contributed by atoms with Crippen LogP contribution in [0.3, 0.4) is 0 Å². The van der Waals surface area contributed by atoms with Gasteiger partial charge in [0.1, 0.15) is 5.69 Å². The fraction of sp³-hybridized carbons (Fsp3) is 0.167. The zero-order valence-electron chi connectivity index (χ0n) is 6.42. The molecule has 78 valence electrons. The summed E-state index contributed by atoms with van der Waals surface area (Å²) in [6.45, 7) is 0. The Hall–Kier alpha value is -0.820. The number of hydrogen-bond donors (Lipinski definition) is 0. The molecule has 1 aromatic heterocycles. The molecule has 1 aromatic rings. The minimum absolute atomic E-state index is 0.658. The highest BCUT2D eigenvalue weighted by atomic mass is 35.7. The molecule has 0 amide bonds. The highest BCUT2D eigenvalue weighted by molar-refractivity contribution is 8.13. The van der Waals surface area contributed by atoms with Gasteiger partial charge in [0, 0.05) is 10.7 Å². The van der Waals surface area contributed by atoms with E-state index in [4.69, 9.17) is 10.7 Å². The predicted molar refractivity (Wildman–Crippen MR) is 42.3 cm³/mol. The molecular formula is C6H3ClF3NO2S. The third-order valence-corrected chi connectivity index (χ3v) is 2.47. The van der Waals surface area contributed by atoms with E-state index in [2.05, 4.69) is 4.98 Å². The van der Waals surface area contributed by atoms with Gasteiger partial charge in [-0.25, -0.2) is 13.4 Å². The molecular weight excluding hydrogens is 243 g/mol. The summed E-state index contributed by atoms with van der Waals surface area (Å²) in [5, 5.41) is -0.811. The standard InChI is InChI=1S/C6H3ClF3NO2S/c7-14(12,13)5-3-1-2-4(11-5)6(8,9)10/h1-3H. The van der Waals surface area contributed by atoms with Gasteiger partial charge in [-0.15, -0.1) is 0 Å². The molecule has 0 saturated carbocycles. The van der Waals surface area contributed by atoms with Crippen molar-refractivity contribution in [2.75, 3.05) is 0 Å². The van der Waals surface area contributed by atoms with E-state index in [1.54, 1.807) is 0 Å².